The molecule has 0 bridgehead atoms. The van der Waals surface area contributed by atoms with Crippen LogP contribution in [0.1, 0.15) is 46.2 Å². The van der Waals surface area contributed by atoms with E-state index in [0.717, 1.165) is 5.69 Å². The van der Waals surface area contributed by atoms with Gasteiger partial charge in [0, 0.05) is 49.3 Å². The summed E-state index contributed by atoms with van der Waals surface area (Å²) in [6.45, 7) is 4.88. The van der Waals surface area contributed by atoms with Crippen molar-refractivity contribution in [1.29, 1.82) is 0 Å². The lowest BCUT2D eigenvalue weighted by Gasteiger charge is -2.13. The molecule has 0 aliphatic heterocycles. The number of carbonyl (C=O) groups is 1. The highest BCUT2D eigenvalue weighted by molar-refractivity contribution is 5.95. The molecule has 0 spiro atoms. The molecule has 2 aromatic rings. The van der Waals surface area contributed by atoms with Gasteiger partial charge in [0.15, 0.2) is 0 Å². The third-order valence-electron chi connectivity index (χ3n) is 4.57. The van der Waals surface area contributed by atoms with Gasteiger partial charge in [0.05, 0.1) is 0 Å². The van der Waals surface area contributed by atoms with Crippen molar-refractivity contribution in [3.05, 3.63) is 52.8 Å². The molecule has 0 saturated heterocycles. The van der Waals surface area contributed by atoms with Crippen LogP contribution in [0, 0.1) is 13.8 Å². The van der Waals surface area contributed by atoms with E-state index in [9.17, 15) is 4.79 Å². The number of rotatable bonds is 5. The lowest BCUT2D eigenvalue weighted by Crippen LogP contribution is -2.23. The number of carbonyl (C=O) groups excluding carboxylic acids is 1. The summed E-state index contributed by atoms with van der Waals surface area (Å²) >= 11 is 0. The van der Waals surface area contributed by atoms with Gasteiger partial charge in [0.1, 0.15) is 0 Å². The molecule has 4 nitrogen and oxygen atoms in total. The van der Waals surface area contributed by atoms with Crippen LogP contribution in [-0.2, 0) is 6.54 Å². The Morgan fingerprint density at radius 3 is 2.65 bits per heavy atom. The molecule has 1 aromatic heterocycles. The van der Waals surface area contributed by atoms with E-state index in [1.807, 2.05) is 43.3 Å². The number of hydrogen-bond donors (Lipinski definition) is 1. The van der Waals surface area contributed by atoms with Crippen LogP contribution in [0.15, 0.2) is 30.3 Å². The molecule has 1 N–H and O–H groups in total. The van der Waals surface area contributed by atoms with Gasteiger partial charge in [0.2, 0.25) is 0 Å². The van der Waals surface area contributed by atoms with Crippen molar-refractivity contribution < 1.29 is 4.79 Å². The van der Waals surface area contributed by atoms with Gasteiger partial charge in [-0.1, -0.05) is 6.07 Å². The van der Waals surface area contributed by atoms with Crippen molar-refractivity contribution in [3.8, 4) is 0 Å². The summed E-state index contributed by atoms with van der Waals surface area (Å²) < 4.78 is 2.41. The van der Waals surface area contributed by atoms with E-state index in [2.05, 4.69) is 29.8 Å². The van der Waals surface area contributed by atoms with Gasteiger partial charge in [-0.05, 0) is 56.5 Å². The smallest absolute Gasteiger partial charge is 0.251 e. The Morgan fingerprint density at radius 2 is 2.00 bits per heavy atom. The fourth-order valence-corrected chi connectivity index (χ4v) is 3.12. The van der Waals surface area contributed by atoms with E-state index in [0.29, 0.717) is 18.2 Å². The van der Waals surface area contributed by atoms with Crippen LogP contribution in [0.3, 0.4) is 0 Å². The third-order valence-corrected chi connectivity index (χ3v) is 4.57. The van der Waals surface area contributed by atoms with Crippen LogP contribution >= 0.6 is 0 Å². The Hall–Kier alpha value is -2.23. The van der Waals surface area contributed by atoms with Crippen LogP contribution < -0.4 is 10.2 Å². The van der Waals surface area contributed by atoms with Crippen molar-refractivity contribution in [1.82, 2.24) is 9.88 Å². The molecule has 1 heterocycles. The summed E-state index contributed by atoms with van der Waals surface area (Å²) in [7, 11) is 3.95. The normalized spacial score (nSPS) is 13.9. The van der Waals surface area contributed by atoms with Gasteiger partial charge in [-0.25, -0.2) is 0 Å². The number of benzene rings is 1. The first-order chi connectivity index (χ1) is 11.0. The van der Waals surface area contributed by atoms with E-state index >= 15 is 0 Å². The zero-order chi connectivity index (χ0) is 16.6. The van der Waals surface area contributed by atoms with Crippen molar-refractivity contribution >= 4 is 11.6 Å². The predicted octanol–water partition coefficient (Wildman–Crippen LogP) is 3.44. The minimum absolute atomic E-state index is 0.0232. The molecule has 1 saturated carbocycles. The number of anilines is 1. The molecule has 0 radical (unpaired) electrons. The van der Waals surface area contributed by atoms with E-state index in [1.54, 1.807) is 0 Å². The Bertz CT molecular complexity index is 726. The monoisotopic (exact) mass is 311 g/mol. The number of hydrogen-bond acceptors (Lipinski definition) is 2. The number of nitrogens with one attached hydrogen (secondary N) is 1. The van der Waals surface area contributed by atoms with Crippen LogP contribution in [0.5, 0.6) is 0 Å². The lowest BCUT2D eigenvalue weighted by atomic mass is 10.1. The van der Waals surface area contributed by atoms with E-state index < -0.39 is 0 Å². The summed E-state index contributed by atoms with van der Waals surface area (Å²) in [6, 6.07) is 10.6. The highest BCUT2D eigenvalue weighted by Crippen LogP contribution is 2.38. The number of aryl methyl sites for hydroxylation is 1. The molecule has 4 heteroatoms. The largest absolute Gasteiger partial charge is 0.378 e. The van der Waals surface area contributed by atoms with Crippen LogP contribution in [-0.4, -0.2) is 24.6 Å². The molecule has 3 rings (SSSR count). The van der Waals surface area contributed by atoms with E-state index in [-0.39, 0.29) is 5.91 Å². The van der Waals surface area contributed by atoms with Gasteiger partial charge in [-0.15, -0.1) is 0 Å². The molecule has 1 amide bonds. The predicted molar refractivity (Wildman–Crippen MR) is 94.1 cm³/mol. The molecule has 1 fully saturated rings. The number of amides is 1. The van der Waals surface area contributed by atoms with Crippen LogP contribution in [0.2, 0.25) is 0 Å². The fraction of sp³-hybridized carbons (Fsp3) is 0.421. The molecule has 1 aliphatic carbocycles. The van der Waals surface area contributed by atoms with E-state index in [1.165, 1.54) is 29.8 Å². The highest BCUT2D eigenvalue weighted by Gasteiger charge is 2.26. The second-order valence-electron chi connectivity index (χ2n) is 6.62. The highest BCUT2D eigenvalue weighted by atomic mass is 16.1. The summed E-state index contributed by atoms with van der Waals surface area (Å²) in [5.74, 6) is -0.0232. The first-order valence-corrected chi connectivity index (χ1v) is 8.20. The number of aromatic nitrogens is 1. The Kier molecular flexibility index (Phi) is 4.16. The van der Waals surface area contributed by atoms with Gasteiger partial charge in [-0.3, -0.25) is 4.79 Å². The average Bonchev–Trinajstić information content (AvgIpc) is 3.31. The molecule has 0 atom stereocenters. The Labute approximate surface area is 138 Å². The molecule has 122 valence electrons. The first-order valence-electron chi connectivity index (χ1n) is 8.20. The van der Waals surface area contributed by atoms with Gasteiger partial charge in [0.25, 0.3) is 5.91 Å². The average molecular weight is 311 g/mol. The second kappa shape index (κ2) is 6.11. The minimum atomic E-state index is -0.0232. The maximum Gasteiger partial charge on any atom is 0.251 e. The van der Waals surface area contributed by atoms with Crippen molar-refractivity contribution in [2.75, 3.05) is 19.0 Å². The summed E-state index contributed by atoms with van der Waals surface area (Å²) in [5.41, 5.74) is 5.53. The maximum absolute atomic E-state index is 12.4. The van der Waals surface area contributed by atoms with Gasteiger partial charge < -0.3 is 14.8 Å². The van der Waals surface area contributed by atoms with E-state index in [4.69, 9.17) is 0 Å². The molecule has 0 unspecified atom stereocenters. The van der Waals surface area contributed by atoms with Crippen molar-refractivity contribution in [2.24, 2.45) is 0 Å². The van der Waals surface area contributed by atoms with Gasteiger partial charge in [-0.2, -0.15) is 0 Å². The molecule has 1 aromatic carbocycles. The first kappa shape index (κ1) is 15.7. The fourth-order valence-electron chi connectivity index (χ4n) is 3.12. The van der Waals surface area contributed by atoms with Crippen molar-refractivity contribution in [2.45, 2.75) is 39.3 Å². The molecule has 23 heavy (non-hydrogen) atoms. The lowest BCUT2D eigenvalue weighted by molar-refractivity contribution is 0.0951. The van der Waals surface area contributed by atoms with Crippen LogP contribution in [0.4, 0.5) is 5.69 Å². The quantitative estimate of drug-likeness (QED) is 0.918. The Balaban J connectivity index is 1.70. The van der Waals surface area contributed by atoms with Gasteiger partial charge >= 0.3 is 0 Å². The Morgan fingerprint density at radius 1 is 1.26 bits per heavy atom. The standard InChI is InChI=1S/C19H25N3O/c1-13-10-16(14(2)22(13)17-8-9-17)12-20-19(23)15-6-5-7-18(11-15)21(3)4/h5-7,10-11,17H,8-9,12H2,1-4H3,(H,20,23). The van der Waals surface area contributed by atoms with Crippen molar-refractivity contribution in [3.63, 3.8) is 0 Å². The summed E-state index contributed by atoms with van der Waals surface area (Å²) in [6.07, 6.45) is 2.55. The molecular weight excluding hydrogens is 286 g/mol. The van der Waals surface area contributed by atoms with Crippen LogP contribution in [0.25, 0.3) is 0 Å². The second-order valence-corrected chi connectivity index (χ2v) is 6.62. The zero-order valence-electron chi connectivity index (χ0n) is 14.4. The molecule has 1 aliphatic rings. The number of nitrogens with zero attached hydrogens (tertiary/aromatic N) is 2. The molecular formula is C19H25N3O. The summed E-state index contributed by atoms with van der Waals surface area (Å²) in [5, 5.41) is 3.05. The minimum Gasteiger partial charge on any atom is -0.378 e. The summed E-state index contributed by atoms with van der Waals surface area (Å²) in [4.78, 5) is 14.4. The SMILES string of the molecule is Cc1cc(CNC(=O)c2cccc(N(C)C)c2)c(C)n1C1CC1. The maximum atomic E-state index is 12.4. The topological polar surface area (TPSA) is 37.3 Å². The third kappa shape index (κ3) is 3.26. The zero-order valence-corrected chi connectivity index (χ0v) is 14.4.